The van der Waals surface area contributed by atoms with Crippen molar-refractivity contribution in [3.05, 3.63) is 34.9 Å². The third-order valence-corrected chi connectivity index (χ3v) is 4.22. The molecule has 1 atom stereocenters. The molecule has 7 heteroatoms. The number of amides is 1. The molecule has 0 saturated carbocycles. The summed E-state index contributed by atoms with van der Waals surface area (Å²) in [6.45, 7) is 4.83. The van der Waals surface area contributed by atoms with Gasteiger partial charge in [-0.3, -0.25) is 14.1 Å². The number of hydrogen-bond donors (Lipinski definition) is 1. The highest BCUT2D eigenvalue weighted by Crippen LogP contribution is 2.15. The van der Waals surface area contributed by atoms with E-state index in [4.69, 9.17) is 0 Å². The molecule has 3 rings (SSSR count). The zero-order valence-electron chi connectivity index (χ0n) is 12.7. The summed E-state index contributed by atoms with van der Waals surface area (Å²) in [6, 6.07) is 5.73. The van der Waals surface area contributed by atoms with E-state index in [1.807, 2.05) is 6.07 Å². The SMILES string of the molecule is CCN1CCC[C@@H]1CNC(=O)Cn1nc2ccccn2c1=O. The number of nitrogens with zero attached hydrogens (tertiary/aromatic N) is 4. The van der Waals surface area contributed by atoms with Crippen molar-refractivity contribution in [2.45, 2.75) is 32.4 Å². The number of likely N-dealkylation sites (tertiary alicyclic amines) is 1. The van der Waals surface area contributed by atoms with Crippen molar-refractivity contribution in [2.75, 3.05) is 19.6 Å². The van der Waals surface area contributed by atoms with Gasteiger partial charge in [0.2, 0.25) is 5.91 Å². The summed E-state index contributed by atoms with van der Waals surface area (Å²) < 4.78 is 2.64. The standard InChI is InChI=1S/C15H21N5O2/c1-2-18-8-5-6-12(18)10-16-14(21)11-20-15(22)19-9-4-3-7-13(19)17-20/h3-4,7,9,12H,2,5-6,8,10-11H2,1H3,(H,16,21)/t12-/m1/s1. The highest BCUT2D eigenvalue weighted by molar-refractivity contribution is 5.75. The van der Waals surface area contributed by atoms with Crippen LogP contribution in [0.25, 0.3) is 5.65 Å². The number of pyridine rings is 1. The zero-order valence-corrected chi connectivity index (χ0v) is 12.7. The molecule has 2 aromatic rings. The number of fused-ring (bicyclic) bond motifs is 1. The molecular weight excluding hydrogens is 282 g/mol. The zero-order chi connectivity index (χ0) is 15.5. The van der Waals surface area contributed by atoms with Crippen LogP contribution in [-0.2, 0) is 11.3 Å². The lowest BCUT2D eigenvalue weighted by molar-refractivity contribution is -0.122. The van der Waals surface area contributed by atoms with Gasteiger partial charge in [-0.15, -0.1) is 5.10 Å². The minimum absolute atomic E-state index is 0.0423. The maximum Gasteiger partial charge on any atom is 0.350 e. The Labute approximate surface area is 128 Å². The molecule has 0 spiro atoms. The van der Waals surface area contributed by atoms with Crippen LogP contribution in [0.5, 0.6) is 0 Å². The lowest BCUT2D eigenvalue weighted by Crippen LogP contribution is -2.41. The van der Waals surface area contributed by atoms with Gasteiger partial charge < -0.3 is 5.32 Å². The Balaban J connectivity index is 1.61. The largest absolute Gasteiger partial charge is 0.353 e. The molecule has 0 bridgehead atoms. The summed E-state index contributed by atoms with van der Waals surface area (Å²) in [5, 5.41) is 7.08. The van der Waals surface area contributed by atoms with Gasteiger partial charge in [0.1, 0.15) is 6.54 Å². The highest BCUT2D eigenvalue weighted by Gasteiger charge is 2.23. The van der Waals surface area contributed by atoms with Crippen LogP contribution < -0.4 is 11.0 Å². The maximum atomic E-state index is 12.1. The Morgan fingerprint density at radius 3 is 3.09 bits per heavy atom. The molecule has 1 saturated heterocycles. The molecule has 0 aliphatic carbocycles. The van der Waals surface area contributed by atoms with Crippen molar-refractivity contribution in [2.24, 2.45) is 0 Å². The molecule has 1 N–H and O–H groups in total. The first-order valence-corrected chi connectivity index (χ1v) is 7.74. The predicted octanol–water partition coefficient (Wildman–Crippen LogP) is 0.0965. The van der Waals surface area contributed by atoms with Crippen molar-refractivity contribution in [3.63, 3.8) is 0 Å². The van der Waals surface area contributed by atoms with E-state index in [0.717, 1.165) is 19.5 Å². The topological polar surface area (TPSA) is 71.6 Å². The van der Waals surface area contributed by atoms with E-state index >= 15 is 0 Å². The third kappa shape index (κ3) is 2.89. The van der Waals surface area contributed by atoms with Crippen LogP contribution in [-0.4, -0.2) is 50.7 Å². The van der Waals surface area contributed by atoms with Gasteiger partial charge in [-0.1, -0.05) is 13.0 Å². The Morgan fingerprint density at radius 1 is 1.45 bits per heavy atom. The van der Waals surface area contributed by atoms with E-state index < -0.39 is 0 Å². The second-order valence-corrected chi connectivity index (χ2v) is 5.60. The van der Waals surface area contributed by atoms with Crippen molar-refractivity contribution < 1.29 is 4.79 Å². The number of rotatable bonds is 5. The molecule has 0 aromatic carbocycles. The fourth-order valence-electron chi connectivity index (χ4n) is 3.04. The molecule has 1 amide bonds. The average molecular weight is 303 g/mol. The molecule has 7 nitrogen and oxygen atoms in total. The molecule has 1 aliphatic rings. The number of carbonyl (C=O) groups is 1. The Bertz CT molecular complexity index is 720. The second kappa shape index (κ2) is 6.31. The van der Waals surface area contributed by atoms with E-state index in [-0.39, 0.29) is 18.1 Å². The quantitative estimate of drug-likeness (QED) is 0.850. The van der Waals surface area contributed by atoms with Gasteiger partial charge in [0.05, 0.1) is 0 Å². The first kappa shape index (κ1) is 14.8. The minimum atomic E-state index is -0.290. The van der Waals surface area contributed by atoms with E-state index in [2.05, 4.69) is 22.2 Å². The van der Waals surface area contributed by atoms with Crippen LogP contribution >= 0.6 is 0 Å². The van der Waals surface area contributed by atoms with Crippen LogP contribution in [0.3, 0.4) is 0 Å². The number of nitrogens with one attached hydrogen (secondary N) is 1. The lowest BCUT2D eigenvalue weighted by Gasteiger charge is -2.22. The van der Waals surface area contributed by atoms with Crippen molar-refractivity contribution in [1.82, 2.24) is 24.4 Å². The fraction of sp³-hybridized carbons (Fsp3) is 0.533. The van der Waals surface area contributed by atoms with Gasteiger partial charge in [0, 0.05) is 18.8 Å². The summed E-state index contributed by atoms with van der Waals surface area (Å²) in [5.41, 5.74) is 0.259. The van der Waals surface area contributed by atoms with Gasteiger partial charge >= 0.3 is 5.69 Å². The third-order valence-electron chi connectivity index (χ3n) is 4.22. The summed E-state index contributed by atoms with van der Waals surface area (Å²) in [7, 11) is 0. The Kier molecular flexibility index (Phi) is 4.24. The fourth-order valence-corrected chi connectivity index (χ4v) is 3.04. The second-order valence-electron chi connectivity index (χ2n) is 5.60. The predicted molar refractivity (Wildman–Crippen MR) is 82.7 cm³/mol. The number of aromatic nitrogens is 3. The molecule has 1 aliphatic heterocycles. The summed E-state index contributed by atoms with van der Waals surface area (Å²) in [5.74, 6) is -0.173. The van der Waals surface area contributed by atoms with Gasteiger partial charge in [0.15, 0.2) is 5.65 Å². The van der Waals surface area contributed by atoms with E-state index in [9.17, 15) is 9.59 Å². The van der Waals surface area contributed by atoms with Crippen LogP contribution in [0.2, 0.25) is 0 Å². The first-order valence-electron chi connectivity index (χ1n) is 7.74. The summed E-state index contributed by atoms with van der Waals surface area (Å²) in [4.78, 5) is 26.5. The van der Waals surface area contributed by atoms with Crippen LogP contribution in [0, 0.1) is 0 Å². The van der Waals surface area contributed by atoms with Crippen LogP contribution in [0.4, 0.5) is 0 Å². The van der Waals surface area contributed by atoms with Gasteiger partial charge in [-0.05, 0) is 38.1 Å². The summed E-state index contributed by atoms with van der Waals surface area (Å²) in [6.07, 6.45) is 3.94. The summed E-state index contributed by atoms with van der Waals surface area (Å²) >= 11 is 0. The maximum absolute atomic E-state index is 12.1. The lowest BCUT2D eigenvalue weighted by atomic mass is 10.2. The Morgan fingerprint density at radius 2 is 2.32 bits per heavy atom. The smallest absolute Gasteiger partial charge is 0.350 e. The van der Waals surface area contributed by atoms with E-state index in [1.165, 1.54) is 15.5 Å². The van der Waals surface area contributed by atoms with Crippen LogP contribution in [0.1, 0.15) is 19.8 Å². The first-order chi connectivity index (χ1) is 10.7. The minimum Gasteiger partial charge on any atom is -0.353 e. The van der Waals surface area contributed by atoms with Crippen molar-refractivity contribution in [3.8, 4) is 0 Å². The van der Waals surface area contributed by atoms with Gasteiger partial charge in [0.25, 0.3) is 0 Å². The molecule has 0 radical (unpaired) electrons. The van der Waals surface area contributed by atoms with Crippen molar-refractivity contribution >= 4 is 11.6 Å². The van der Waals surface area contributed by atoms with Gasteiger partial charge in [-0.25, -0.2) is 9.48 Å². The molecule has 2 aromatic heterocycles. The molecule has 22 heavy (non-hydrogen) atoms. The normalized spacial score (nSPS) is 18.9. The number of hydrogen-bond acceptors (Lipinski definition) is 4. The van der Waals surface area contributed by atoms with E-state index in [1.54, 1.807) is 18.3 Å². The molecule has 3 heterocycles. The van der Waals surface area contributed by atoms with Crippen molar-refractivity contribution in [1.29, 1.82) is 0 Å². The molecule has 1 fully saturated rings. The monoisotopic (exact) mass is 303 g/mol. The average Bonchev–Trinajstić information content (AvgIpc) is 3.11. The van der Waals surface area contributed by atoms with E-state index in [0.29, 0.717) is 18.2 Å². The number of likely N-dealkylation sites (N-methyl/N-ethyl adjacent to an activating group) is 1. The molecule has 0 unspecified atom stereocenters. The Hall–Kier alpha value is -2.15. The van der Waals surface area contributed by atoms with Crippen LogP contribution in [0.15, 0.2) is 29.2 Å². The number of carbonyl (C=O) groups excluding carboxylic acids is 1. The molecule has 118 valence electrons. The highest BCUT2D eigenvalue weighted by atomic mass is 16.2. The van der Waals surface area contributed by atoms with Gasteiger partial charge in [-0.2, -0.15) is 0 Å². The molecular formula is C15H21N5O2.